The molecule has 2 aromatic heterocycles. The summed E-state index contributed by atoms with van der Waals surface area (Å²) < 4.78 is 17.3. The Morgan fingerprint density at radius 2 is 2.06 bits per heavy atom. The van der Waals surface area contributed by atoms with E-state index in [1.807, 2.05) is 18.2 Å². The molecule has 3 N–H and O–H groups in total. The Hall–Kier alpha value is -3.51. The summed E-state index contributed by atoms with van der Waals surface area (Å²) in [4.78, 5) is 12.4. The molecular formula is C22H24N6O3. The van der Waals surface area contributed by atoms with Gasteiger partial charge < -0.3 is 29.8 Å². The molecule has 5 rings (SSSR count). The van der Waals surface area contributed by atoms with Crippen LogP contribution in [0.2, 0.25) is 0 Å². The first kappa shape index (κ1) is 19.5. The van der Waals surface area contributed by atoms with Crippen LogP contribution in [0.3, 0.4) is 0 Å². The van der Waals surface area contributed by atoms with E-state index in [1.54, 1.807) is 6.20 Å². The number of benzene rings is 1. The molecule has 1 saturated heterocycles. The Labute approximate surface area is 179 Å². The summed E-state index contributed by atoms with van der Waals surface area (Å²) in [6.45, 7) is 5.85. The van der Waals surface area contributed by atoms with E-state index in [2.05, 4.69) is 40.5 Å². The Morgan fingerprint density at radius 1 is 1.19 bits per heavy atom. The second-order valence-electron chi connectivity index (χ2n) is 8.33. The van der Waals surface area contributed by atoms with Gasteiger partial charge >= 0.3 is 0 Å². The summed E-state index contributed by atoms with van der Waals surface area (Å²) in [7, 11) is 0. The second-order valence-corrected chi connectivity index (χ2v) is 8.33. The quantitative estimate of drug-likeness (QED) is 0.585. The van der Waals surface area contributed by atoms with E-state index in [0.29, 0.717) is 59.7 Å². The van der Waals surface area contributed by atoms with E-state index < -0.39 is 0 Å². The van der Waals surface area contributed by atoms with Crippen molar-refractivity contribution in [3.8, 4) is 17.6 Å². The van der Waals surface area contributed by atoms with Gasteiger partial charge in [0.1, 0.15) is 30.7 Å². The van der Waals surface area contributed by atoms with Crippen molar-refractivity contribution < 1.29 is 14.2 Å². The maximum atomic E-state index is 9.56. The summed E-state index contributed by atoms with van der Waals surface area (Å²) in [5.74, 6) is 2.35. The minimum absolute atomic E-state index is 0.178. The molecule has 3 aromatic rings. The Kier molecular flexibility index (Phi) is 4.79. The molecule has 0 spiro atoms. The number of fused-ring (bicyclic) bond motifs is 2. The van der Waals surface area contributed by atoms with Gasteiger partial charge in [-0.15, -0.1) is 0 Å². The maximum Gasteiger partial charge on any atom is 0.231 e. The van der Waals surface area contributed by atoms with Gasteiger partial charge in [-0.1, -0.05) is 6.07 Å². The minimum Gasteiger partial charge on any atom is -0.486 e. The van der Waals surface area contributed by atoms with Gasteiger partial charge in [0.25, 0.3) is 0 Å². The van der Waals surface area contributed by atoms with E-state index in [4.69, 9.17) is 19.2 Å². The van der Waals surface area contributed by atoms with Crippen molar-refractivity contribution in [1.82, 2.24) is 15.0 Å². The molecule has 31 heavy (non-hydrogen) atoms. The lowest BCUT2D eigenvalue weighted by Crippen LogP contribution is -2.40. The first-order valence-electron chi connectivity index (χ1n) is 10.4. The standard InChI is InChI=1S/C22H24N6O3/c1-22(2)10-14(6-7-31-22)25-20-17-13(11-23)12-24-19(17)27-21(28-20)26-15-4-3-5-16-18(15)30-9-8-29-16/h3-5,12,14H,6-10H2,1-2H3,(H3,24,25,26,27,28). The zero-order valence-electron chi connectivity index (χ0n) is 17.5. The molecule has 1 fully saturated rings. The molecule has 2 aliphatic rings. The lowest BCUT2D eigenvalue weighted by Gasteiger charge is -2.36. The second kappa shape index (κ2) is 7.63. The Bertz CT molecular complexity index is 1170. The fraction of sp³-hybridized carbons (Fsp3) is 0.409. The average Bonchev–Trinajstić information content (AvgIpc) is 3.17. The van der Waals surface area contributed by atoms with Crippen molar-refractivity contribution in [2.24, 2.45) is 0 Å². The normalized spacial score (nSPS) is 19.6. The number of hydrogen-bond donors (Lipinski definition) is 3. The van der Waals surface area contributed by atoms with E-state index >= 15 is 0 Å². The number of aromatic nitrogens is 3. The van der Waals surface area contributed by atoms with E-state index in [0.717, 1.165) is 18.5 Å². The zero-order chi connectivity index (χ0) is 21.4. The summed E-state index contributed by atoms with van der Waals surface area (Å²) in [5.41, 5.74) is 1.61. The molecule has 0 saturated carbocycles. The third-order valence-corrected chi connectivity index (χ3v) is 5.50. The summed E-state index contributed by atoms with van der Waals surface area (Å²) >= 11 is 0. The van der Waals surface area contributed by atoms with Crippen LogP contribution in [0.15, 0.2) is 24.4 Å². The highest BCUT2D eigenvalue weighted by Crippen LogP contribution is 2.39. The van der Waals surface area contributed by atoms with Gasteiger partial charge in [0, 0.05) is 18.8 Å². The number of anilines is 3. The highest BCUT2D eigenvalue weighted by atomic mass is 16.6. The predicted molar refractivity (Wildman–Crippen MR) is 116 cm³/mol. The van der Waals surface area contributed by atoms with Crippen LogP contribution in [0, 0.1) is 11.3 Å². The molecule has 1 atom stereocenters. The van der Waals surface area contributed by atoms with Gasteiger partial charge in [-0.05, 0) is 38.8 Å². The number of H-pyrrole nitrogens is 1. The topological polar surface area (TPSA) is 117 Å². The zero-order valence-corrected chi connectivity index (χ0v) is 17.5. The van der Waals surface area contributed by atoms with E-state index in [-0.39, 0.29) is 11.6 Å². The van der Waals surface area contributed by atoms with E-state index in [9.17, 15) is 5.26 Å². The number of rotatable bonds is 4. The number of aromatic amines is 1. The highest BCUT2D eigenvalue weighted by molar-refractivity contribution is 5.93. The highest BCUT2D eigenvalue weighted by Gasteiger charge is 2.30. The molecule has 2 aliphatic heterocycles. The number of nitrogens with one attached hydrogen (secondary N) is 3. The fourth-order valence-electron chi connectivity index (χ4n) is 4.12. The molecule has 0 radical (unpaired) electrons. The van der Waals surface area contributed by atoms with Gasteiger partial charge in [0.05, 0.1) is 22.2 Å². The van der Waals surface area contributed by atoms with Crippen LogP contribution in [0.1, 0.15) is 32.3 Å². The summed E-state index contributed by atoms with van der Waals surface area (Å²) in [5, 5.41) is 17.0. The molecule has 160 valence electrons. The lowest BCUT2D eigenvalue weighted by atomic mass is 9.94. The fourth-order valence-corrected chi connectivity index (χ4v) is 4.12. The molecule has 9 nitrogen and oxygen atoms in total. The van der Waals surface area contributed by atoms with Gasteiger partial charge in [-0.2, -0.15) is 15.2 Å². The van der Waals surface area contributed by atoms with Crippen LogP contribution in [0.25, 0.3) is 11.0 Å². The summed E-state index contributed by atoms with van der Waals surface area (Å²) in [6.07, 6.45) is 3.36. The average molecular weight is 420 g/mol. The monoisotopic (exact) mass is 420 g/mol. The van der Waals surface area contributed by atoms with Gasteiger partial charge in [-0.25, -0.2) is 0 Å². The van der Waals surface area contributed by atoms with Gasteiger partial charge in [-0.3, -0.25) is 0 Å². The predicted octanol–water partition coefficient (Wildman–Crippen LogP) is 3.71. The van der Waals surface area contributed by atoms with Crippen molar-refractivity contribution in [2.45, 2.75) is 38.3 Å². The number of hydrogen-bond acceptors (Lipinski definition) is 8. The molecule has 1 unspecified atom stereocenters. The van der Waals surface area contributed by atoms with Crippen LogP contribution in [-0.2, 0) is 4.74 Å². The third kappa shape index (κ3) is 3.82. The Balaban J connectivity index is 1.51. The van der Waals surface area contributed by atoms with Crippen LogP contribution in [0.4, 0.5) is 17.5 Å². The molecule has 0 amide bonds. The Morgan fingerprint density at radius 3 is 2.90 bits per heavy atom. The van der Waals surface area contributed by atoms with Crippen LogP contribution >= 0.6 is 0 Å². The molecule has 0 aliphatic carbocycles. The number of para-hydroxylation sites is 1. The number of nitrogens with zero attached hydrogens (tertiary/aromatic N) is 3. The first-order chi connectivity index (χ1) is 15.0. The first-order valence-corrected chi connectivity index (χ1v) is 10.4. The number of ether oxygens (including phenoxy) is 3. The van der Waals surface area contributed by atoms with E-state index in [1.165, 1.54) is 0 Å². The van der Waals surface area contributed by atoms with Gasteiger partial charge in [0.15, 0.2) is 11.5 Å². The minimum atomic E-state index is -0.209. The molecular weight excluding hydrogens is 396 g/mol. The maximum absolute atomic E-state index is 9.56. The van der Waals surface area contributed by atoms with Crippen molar-refractivity contribution in [2.75, 3.05) is 30.5 Å². The number of nitriles is 1. The van der Waals surface area contributed by atoms with Crippen molar-refractivity contribution >= 4 is 28.5 Å². The largest absolute Gasteiger partial charge is 0.486 e. The molecule has 4 heterocycles. The van der Waals surface area contributed by atoms with Crippen molar-refractivity contribution in [1.29, 1.82) is 5.26 Å². The van der Waals surface area contributed by atoms with Gasteiger partial charge in [0.2, 0.25) is 5.95 Å². The van der Waals surface area contributed by atoms with Crippen LogP contribution in [0.5, 0.6) is 11.5 Å². The van der Waals surface area contributed by atoms with Crippen molar-refractivity contribution in [3.63, 3.8) is 0 Å². The molecule has 0 bridgehead atoms. The molecule has 9 heteroatoms. The smallest absolute Gasteiger partial charge is 0.231 e. The van der Waals surface area contributed by atoms with Crippen LogP contribution < -0.4 is 20.1 Å². The summed E-state index contributed by atoms with van der Waals surface area (Å²) in [6, 6.07) is 8.05. The third-order valence-electron chi connectivity index (χ3n) is 5.50. The SMILES string of the molecule is CC1(C)CC(Nc2nc(Nc3cccc4c3OCCO4)nc3[nH]cc(C#N)c23)CCO1. The van der Waals surface area contributed by atoms with Crippen LogP contribution in [-0.4, -0.2) is 46.4 Å². The lowest BCUT2D eigenvalue weighted by molar-refractivity contribution is -0.0553. The van der Waals surface area contributed by atoms with Crippen molar-refractivity contribution in [3.05, 3.63) is 30.0 Å². The molecule has 1 aromatic carbocycles.